The van der Waals surface area contributed by atoms with Crippen LogP contribution in [0.3, 0.4) is 0 Å². The maximum atomic E-state index is 12.5. The van der Waals surface area contributed by atoms with Crippen molar-refractivity contribution in [3.05, 3.63) is 0 Å². The van der Waals surface area contributed by atoms with Gasteiger partial charge in [0.15, 0.2) is 0 Å². The van der Waals surface area contributed by atoms with E-state index in [0.29, 0.717) is 11.9 Å². The van der Waals surface area contributed by atoms with Crippen molar-refractivity contribution in [3.8, 4) is 0 Å². The number of nitrogens with zero attached hydrogens (tertiary/aromatic N) is 1. The number of hydrogen-bond donors (Lipinski definition) is 1. The summed E-state index contributed by atoms with van der Waals surface area (Å²) in [5.41, 5.74) is -0.133. The van der Waals surface area contributed by atoms with Crippen LogP contribution in [0.4, 0.5) is 0 Å². The number of nitrogens with one attached hydrogen (secondary N) is 1. The molecule has 17 heavy (non-hydrogen) atoms. The summed E-state index contributed by atoms with van der Waals surface area (Å²) in [6.45, 7) is 6.83. The van der Waals surface area contributed by atoms with Gasteiger partial charge >= 0.3 is 0 Å². The number of hydrogen-bond acceptors (Lipinski definition) is 2. The molecule has 1 aliphatic heterocycles. The van der Waals surface area contributed by atoms with E-state index in [1.165, 1.54) is 19.3 Å². The normalized spacial score (nSPS) is 44.4. The van der Waals surface area contributed by atoms with E-state index in [1.54, 1.807) is 0 Å². The Morgan fingerprint density at radius 2 is 1.88 bits per heavy atom. The van der Waals surface area contributed by atoms with Crippen molar-refractivity contribution >= 4 is 5.91 Å². The summed E-state index contributed by atoms with van der Waals surface area (Å²) in [5, 5.41) is 3.50. The lowest BCUT2D eigenvalue weighted by Gasteiger charge is -2.39. The summed E-state index contributed by atoms with van der Waals surface area (Å²) < 4.78 is 0. The zero-order valence-corrected chi connectivity index (χ0v) is 11.2. The smallest absolute Gasteiger partial charge is 0.244 e. The van der Waals surface area contributed by atoms with Gasteiger partial charge in [0, 0.05) is 6.04 Å². The molecular weight excluding hydrogens is 212 g/mol. The third-order valence-electron chi connectivity index (χ3n) is 5.26. The zero-order chi connectivity index (χ0) is 12.2. The molecule has 1 saturated heterocycles. The van der Waals surface area contributed by atoms with Crippen LogP contribution in [0.5, 0.6) is 0 Å². The number of rotatable bonds is 1. The highest BCUT2D eigenvalue weighted by Crippen LogP contribution is 2.44. The molecule has 1 spiro atoms. The minimum atomic E-state index is -0.133. The van der Waals surface area contributed by atoms with Gasteiger partial charge in [0.05, 0.1) is 11.7 Å². The molecule has 3 fully saturated rings. The Morgan fingerprint density at radius 3 is 2.41 bits per heavy atom. The van der Waals surface area contributed by atoms with Gasteiger partial charge in [0.25, 0.3) is 0 Å². The second kappa shape index (κ2) is 3.71. The topological polar surface area (TPSA) is 32.3 Å². The Hall–Kier alpha value is -0.570. The number of carbonyl (C=O) groups excluding carboxylic acids is 1. The molecule has 0 aromatic carbocycles. The Balaban J connectivity index is 1.74. The van der Waals surface area contributed by atoms with Crippen molar-refractivity contribution in [1.29, 1.82) is 0 Å². The molecule has 96 valence electrons. The SMILES string of the molecule is CC1CCC(N2C(=O)C3(CC3)NC2C)CC1C. The molecule has 3 aliphatic rings. The van der Waals surface area contributed by atoms with Gasteiger partial charge in [-0.1, -0.05) is 13.8 Å². The molecular formula is C14H24N2O. The maximum Gasteiger partial charge on any atom is 0.244 e. The first-order valence-electron chi connectivity index (χ1n) is 7.14. The number of amides is 1. The first-order valence-corrected chi connectivity index (χ1v) is 7.14. The molecule has 3 rings (SSSR count). The summed E-state index contributed by atoms with van der Waals surface area (Å²) in [4.78, 5) is 14.6. The molecule has 3 heteroatoms. The van der Waals surface area contributed by atoms with Gasteiger partial charge in [-0.25, -0.2) is 0 Å². The first-order chi connectivity index (χ1) is 8.03. The first kappa shape index (κ1) is 11.5. The molecule has 2 aliphatic carbocycles. The van der Waals surface area contributed by atoms with Crippen LogP contribution in [0.1, 0.15) is 52.9 Å². The average Bonchev–Trinajstić information content (AvgIpc) is 2.99. The van der Waals surface area contributed by atoms with Crippen molar-refractivity contribution in [3.63, 3.8) is 0 Å². The molecule has 4 atom stereocenters. The van der Waals surface area contributed by atoms with Crippen LogP contribution in [0.15, 0.2) is 0 Å². The highest BCUT2D eigenvalue weighted by molar-refractivity contribution is 5.92. The minimum Gasteiger partial charge on any atom is -0.323 e. The van der Waals surface area contributed by atoms with E-state index in [9.17, 15) is 4.79 Å². The van der Waals surface area contributed by atoms with Crippen molar-refractivity contribution in [2.24, 2.45) is 11.8 Å². The third-order valence-corrected chi connectivity index (χ3v) is 5.26. The molecule has 2 saturated carbocycles. The van der Waals surface area contributed by atoms with E-state index in [2.05, 4.69) is 31.0 Å². The van der Waals surface area contributed by atoms with Gasteiger partial charge in [0.2, 0.25) is 5.91 Å². The second-order valence-corrected chi connectivity index (χ2v) is 6.54. The molecule has 1 amide bonds. The van der Waals surface area contributed by atoms with Crippen molar-refractivity contribution in [1.82, 2.24) is 10.2 Å². The molecule has 4 unspecified atom stereocenters. The number of carbonyl (C=O) groups is 1. The lowest BCUT2D eigenvalue weighted by Crippen LogP contribution is -2.46. The monoisotopic (exact) mass is 236 g/mol. The fraction of sp³-hybridized carbons (Fsp3) is 0.929. The van der Waals surface area contributed by atoms with Crippen LogP contribution in [0.25, 0.3) is 0 Å². The maximum absolute atomic E-state index is 12.5. The molecule has 3 nitrogen and oxygen atoms in total. The van der Waals surface area contributed by atoms with Crippen LogP contribution in [0, 0.1) is 11.8 Å². The quantitative estimate of drug-likeness (QED) is 0.756. The zero-order valence-electron chi connectivity index (χ0n) is 11.2. The van der Waals surface area contributed by atoms with Crippen molar-refractivity contribution in [2.75, 3.05) is 0 Å². The third kappa shape index (κ3) is 1.70. The predicted molar refractivity (Wildman–Crippen MR) is 67.4 cm³/mol. The molecule has 0 radical (unpaired) electrons. The van der Waals surface area contributed by atoms with Gasteiger partial charge in [-0.05, 0) is 50.9 Å². The van der Waals surface area contributed by atoms with Crippen LogP contribution in [-0.2, 0) is 4.79 Å². The average molecular weight is 236 g/mol. The molecule has 1 heterocycles. The van der Waals surface area contributed by atoms with Gasteiger partial charge in [-0.3, -0.25) is 10.1 Å². The Morgan fingerprint density at radius 1 is 1.18 bits per heavy atom. The Labute approximate surface area is 104 Å². The van der Waals surface area contributed by atoms with Crippen LogP contribution >= 0.6 is 0 Å². The van der Waals surface area contributed by atoms with Gasteiger partial charge < -0.3 is 4.90 Å². The molecule has 1 N–H and O–H groups in total. The molecule has 0 aromatic heterocycles. The van der Waals surface area contributed by atoms with Crippen LogP contribution < -0.4 is 5.32 Å². The summed E-state index contributed by atoms with van der Waals surface area (Å²) >= 11 is 0. The van der Waals surface area contributed by atoms with Gasteiger partial charge in [0.1, 0.15) is 0 Å². The minimum absolute atomic E-state index is 0.133. The van der Waals surface area contributed by atoms with E-state index in [0.717, 1.165) is 24.7 Å². The van der Waals surface area contributed by atoms with E-state index in [4.69, 9.17) is 0 Å². The fourth-order valence-corrected chi connectivity index (χ4v) is 3.69. The highest BCUT2D eigenvalue weighted by Gasteiger charge is 2.59. The standard InChI is InChI=1S/C14H24N2O/c1-9-4-5-12(8-10(9)2)16-11(3)15-14(6-7-14)13(16)17/h9-12,15H,4-8H2,1-3H3. The summed E-state index contributed by atoms with van der Waals surface area (Å²) in [6.07, 6.45) is 6.00. The van der Waals surface area contributed by atoms with Crippen molar-refractivity contribution < 1.29 is 4.79 Å². The predicted octanol–water partition coefficient (Wildman–Crippen LogP) is 2.12. The lowest BCUT2D eigenvalue weighted by atomic mass is 9.78. The molecule has 0 aromatic rings. The van der Waals surface area contributed by atoms with E-state index in [-0.39, 0.29) is 11.7 Å². The van der Waals surface area contributed by atoms with Gasteiger partial charge in [-0.2, -0.15) is 0 Å². The summed E-state index contributed by atoms with van der Waals surface area (Å²) in [7, 11) is 0. The Bertz CT molecular complexity index is 337. The lowest BCUT2D eigenvalue weighted by molar-refractivity contribution is -0.134. The summed E-state index contributed by atoms with van der Waals surface area (Å²) in [6, 6.07) is 0.483. The van der Waals surface area contributed by atoms with Gasteiger partial charge in [-0.15, -0.1) is 0 Å². The Kier molecular flexibility index (Phi) is 2.51. The van der Waals surface area contributed by atoms with Crippen LogP contribution in [-0.4, -0.2) is 28.6 Å². The fourth-order valence-electron chi connectivity index (χ4n) is 3.69. The van der Waals surface area contributed by atoms with E-state index in [1.807, 2.05) is 0 Å². The van der Waals surface area contributed by atoms with E-state index < -0.39 is 0 Å². The molecule has 0 bridgehead atoms. The van der Waals surface area contributed by atoms with Crippen molar-refractivity contribution in [2.45, 2.75) is 70.6 Å². The summed E-state index contributed by atoms with van der Waals surface area (Å²) in [5.74, 6) is 1.96. The largest absolute Gasteiger partial charge is 0.323 e. The van der Waals surface area contributed by atoms with E-state index >= 15 is 0 Å². The van der Waals surface area contributed by atoms with Crippen LogP contribution in [0.2, 0.25) is 0 Å². The second-order valence-electron chi connectivity index (χ2n) is 6.54. The highest BCUT2D eigenvalue weighted by atomic mass is 16.2.